The smallest absolute Gasteiger partial charge is 0.243 e. The molecular weight excluding hydrogens is 364 g/mol. The first kappa shape index (κ1) is 22.5. The van der Waals surface area contributed by atoms with Gasteiger partial charge in [0.1, 0.15) is 11.8 Å². The summed E-state index contributed by atoms with van der Waals surface area (Å²) >= 11 is 0. The zero-order valence-corrected chi connectivity index (χ0v) is 17.7. The van der Waals surface area contributed by atoms with Gasteiger partial charge in [0, 0.05) is 26.4 Å². The monoisotopic (exact) mass is 396 g/mol. The molecule has 156 valence electrons. The molecule has 1 atom stereocenters. The van der Waals surface area contributed by atoms with Crippen molar-refractivity contribution in [2.75, 3.05) is 13.7 Å². The van der Waals surface area contributed by atoms with Crippen LogP contribution in [0.5, 0.6) is 5.75 Å². The van der Waals surface area contributed by atoms with E-state index in [-0.39, 0.29) is 11.8 Å². The summed E-state index contributed by atoms with van der Waals surface area (Å²) in [7, 11) is 1.62. The van der Waals surface area contributed by atoms with Crippen LogP contribution in [0.1, 0.15) is 44.2 Å². The lowest BCUT2D eigenvalue weighted by molar-refractivity contribution is -0.139. The number of hydrogen-bond acceptors (Lipinski definition) is 3. The summed E-state index contributed by atoms with van der Waals surface area (Å²) in [6.07, 6.45) is 3.60. The molecule has 0 spiro atoms. The summed E-state index contributed by atoms with van der Waals surface area (Å²) in [5.41, 5.74) is 1.99. The minimum absolute atomic E-state index is 0.103. The molecule has 2 amide bonds. The van der Waals surface area contributed by atoms with Crippen LogP contribution in [-0.2, 0) is 22.6 Å². The second kappa shape index (κ2) is 11.9. The number of methoxy groups -OCH3 is 1. The van der Waals surface area contributed by atoms with Crippen LogP contribution in [0.15, 0.2) is 54.6 Å². The molecule has 1 unspecified atom stereocenters. The van der Waals surface area contributed by atoms with Gasteiger partial charge in [-0.1, -0.05) is 62.2 Å². The van der Waals surface area contributed by atoms with E-state index in [4.69, 9.17) is 4.74 Å². The van der Waals surface area contributed by atoms with Gasteiger partial charge in [0.05, 0.1) is 7.11 Å². The van der Waals surface area contributed by atoms with Crippen molar-refractivity contribution < 1.29 is 14.3 Å². The van der Waals surface area contributed by atoms with Crippen LogP contribution in [0.25, 0.3) is 0 Å². The van der Waals surface area contributed by atoms with Crippen molar-refractivity contribution in [3.63, 3.8) is 0 Å². The van der Waals surface area contributed by atoms with Gasteiger partial charge in [0.2, 0.25) is 11.8 Å². The second-order valence-electron chi connectivity index (χ2n) is 7.20. The number of carbonyl (C=O) groups is 2. The number of benzene rings is 2. The molecule has 0 fully saturated rings. The average molecular weight is 397 g/mol. The Morgan fingerprint density at radius 2 is 1.69 bits per heavy atom. The van der Waals surface area contributed by atoms with E-state index < -0.39 is 6.04 Å². The molecule has 2 aromatic rings. The van der Waals surface area contributed by atoms with Gasteiger partial charge in [-0.2, -0.15) is 0 Å². The summed E-state index contributed by atoms with van der Waals surface area (Å²) in [5.74, 6) is 0.539. The number of hydrogen-bond donors (Lipinski definition) is 1. The topological polar surface area (TPSA) is 58.6 Å². The Bertz CT molecular complexity index is 759. The maximum absolute atomic E-state index is 13.0. The highest BCUT2D eigenvalue weighted by atomic mass is 16.5. The van der Waals surface area contributed by atoms with Crippen LogP contribution in [0.4, 0.5) is 0 Å². The minimum Gasteiger partial charge on any atom is -0.497 e. The zero-order valence-electron chi connectivity index (χ0n) is 17.7. The number of rotatable bonds is 11. The molecule has 0 aliphatic carbocycles. The Hall–Kier alpha value is -2.82. The van der Waals surface area contributed by atoms with Gasteiger partial charge < -0.3 is 15.0 Å². The third-order valence-corrected chi connectivity index (χ3v) is 4.95. The third-order valence-electron chi connectivity index (χ3n) is 4.95. The van der Waals surface area contributed by atoms with Crippen molar-refractivity contribution in [1.29, 1.82) is 0 Å². The average Bonchev–Trinajstić information content (AvgIpc) is 2.74. The molecule has 0 aliphatic heterocycles. The standard InChI is InChI=1S/C24H32N2O3/c1-4-5-9-16-25-24(28)23(17-20-10-7-6-8-11-20)26(19(2)27)18-21-12-14-22(29-3)15-13-21/h6-8,10-15,23H,4-5,9,16-18H2,1-3H3,(H,25,28). The SMILES string of the molecule is CCCCCNC(=O)C(Cc1ccccc1)N(Cc1ccc(OC)cc1)C(C)=O. The van der Waals surface area contributed by atoms with Crippen molar-refractivity contribution >= 4 is 11.8 Å². The Kier molecular flexibility index (Phi) is 9.22. The molecule has 0 bridgehead atoms. The van der Waals surface area contributed by atoms with Crippen LogP contribution in [-0.4, -0.2) is 36.4 Å². The first-order valence-electron chi connectivity index (χ1n) is 10.3. The molecule has 5 heteroatoms. The number of unbranched alkanes of at least 4 members (excludes halogenated alkanes) is 2. The highest BCUT2D eigenvalue weighted by Crippen LogP contribution is 2.17. The lowest BCUT2D eigenvalue weighted by Gasteiger charge is -2.30. The van der Waals surface area contributed by atoms with E-state index in [1.807, 2.05) is 54.6 Å². The summed E-state index contributed by atoms with van der Waals surface area (Å²) in [6.45, 7) is 4.66. The molecule has 1 N–H and O–H groups in total. The summed E-state index contributed by atoms with van der Waals surface area (Å²) in [6, 6.07) is 16.9. The zero-order chi connectivity index (χ0) is 21.1. The molecule has 5 nitrogen and oxygen atoms in total. The number of ether oxygens (including phenoxy) is 1. The van der Waals surface area contributed by atoms with E-state index in [1.54, 1.807) is 12.0 Å². The predicted octanol–water partition coefficient (Wildman–Crippen LogP) is 3.96. The summed E-state index contributed by atoms with van der Waals surface area (Å²) in [5, 5.41) is 3.02. The Morgan fingerprint density at radius 1 is 1.00 bits per heavy atom. The van der Waals surface area contributed by atoms with Gasteiger partial charge in [-0.15, -0.1) is 0 Å². The fourth-order valence-electron chi connectivity index (χ4n) is 3.25. The number of nitrogens with zero attached hydrogens (tertiary/aromatic N) is 1. The van der Waals surface area contributed by atoms with E-state index in [9.17, 15) is 9.59 Å². The van der Waals surface area contributed by atoms with Gasteiger partial charge in [0.25, 0.3) is 0 Å². The Labute approximate surface area is 174 Å². The number of carbonyl (C=O) groups excluding carboxylic acids is 2. The lowest BCUT2D eigenvalue weighted by Crippen LogP contribution is -2.50. The Morgan fingerprint density at radius 3 is 2.28 bits per heavy atom. The molecule has 0 saturated carbocycles. The molecule has 2 rings (SSSR count). The van der Waals surface area contributed by atoms with Gasteiger partial charge in [-0.25, -0.2) is 0 Å². The number of nitrogens with one attached hydrogen (secondary N) is 1. The van der Waals surface area contributed by atoms with Gasteiger partial charge in [0.15, 0.2) is 0 Å². The molecule has 0 aliphatic rings. The summed E-state index contributed by atoms with van der Waals surface area (Å²) in [4.78, 5) is 27.2. The second-order valence-corrected chi connectivity index (χ2v) is 7.20. The van der Waals surface area contributed by atoms with E-state index >= 15 is 0 Å². The van der Waals surface area contributed by atoms with Gasteiger partial charge in [-0.05, 0) is 29.7 Å². The molecule has 2 aromatic carbocycles. The third kappa shape index (κ3) is 7.26. The van der Waals surface area contributed by atoms with Crippen LogP contribution in [0.2, 0.25) is 0 Å². The first-order valence-corrected chi connectivity index (χ1v) is 10.3. The summed E-state index contributed by atoms with van der Waals surface area (Å²) < 4.78 is 5.21. The lowest BCUT2D eigenvalue weighted by atomic mass is 10.0. The fraction of sp³-hybridized carbons (Fsp3) is 0.417. The van der Waals surface area contributed by atoms with Crippen LogP contribution >= 0.6 is 0 Å². The van der Waals surface area contributed by atoms with E-state index in [0.29, 0.717) is 19.5 Å². The molecule has 29 heavy (non-hydrogen) atoms. The van der Waals surface area contributed by atoms with Crippen molar-refractivity contribution in [2.45, 2.75) is 52.1 Å². The van der Waals surface area contributed by atoms with Gasteiger partial charge in [-0.3, -0.25) is 9.59 Å². The number of amides is 2. The molecule has 0 aromatic heterocycles. The van der Waals surface area contributed by atoms with E-state index in [2.05, 4.69) is 12.2 Å². The first-order chi connectivity index (χ1) is 14.0. The van der Waals surface area contributed by atoms with E-state index in [1.165, 1.54) is 6.92 Å². The molecular formula is C24H32N2O3. The maximum Gasteiger partial charge on any atom is 0.243 e. The molecule has 0 heterocycles. The van der Waals surface area contributed by atoms with Crippen LogP contribution in [0.3, 0.4) is 0 Å². The minimum atomic E-state index is -0.557. The fourth-order valence-corrected chi connectivity index (χ4v) is 3.25. The van der Waals surface area contributed by atoms with Crippen LogP contribution < -0.4 is 10.1 Å². The van der Waals surface area contributed by atoms with Crippen molar-refractivity contribution in [3.8, 4) is 5.75 Å². The highest BCUT2D eigenvalue weighted by molar-refractivity contribution is 5.87. The normalized spacial score (nSPS) is 11.6. The molecule has 0 saturated heterocycles. The Balaban J connectivity index is 2.20. The predicted molar refractivity (Wildman–Crippen MR) is 116 cm³/mol. The van der Waals surface area contributed by atoms with Crippen molar-refractivity contribution in [2.24, 2.45) is 0 Å². The highest BCUT2D eigenvalue weighted by Gasteiger charge is 2.28. The molecule has 0 radical (unpaired) electrons. The largest absolute Gasteiger partial charge is 0.497 e. The van der Waals surface area contributed by atoms with Crippen LogP contribution in [0, 0.1) is 0 Å². The van der Waals surface area contributed by atoms with Gasteiger partial charge >= 0.3 is 0 Å². The van der Waals surface area contributed by atoms with Crippen molar-refractivity contribution in [1.82, 2.24) is 10.2 Å². The maximum atomic E-state index is 13.0. The quantitative estimate of drug-likeness (QED) is 0.585. The van der Waals surface area contributed by atoms with Crippen molar-refractivity contribution in [3.05, 3.63) is 65.7 Å². The van der Waals surface area contributed by atoms with E-state index in [0.717, 1.165) is 36.1 Å².